The largest absolute Gasteiger partial charge is 0.354 e. The van der Waals surface area contributed by atoms with E-state index in [-0.39, 0.29) is 0 Å². The number of thiophene rings is 1. The Balaban J connectivity index is 1.91. The summed E-state index contributed by atoms with van der Waals surface area (Å²) < 4.78 is 1.13. The van der Waals surface area contributed by atoms with Gasteiger partial charge in [0.2, 0.25) is 0 Å². The van der Waals surface area contributed by atoms with Gasteiger partial charge in [0.05, 0.1) is 9.35 Å². The first kappa shape index (κ1) is 13.6. The molecule has 3 nitrogen and oxygen atoms in total. The third kappa shape index (κ3) is 2.58. The number of fused-ring (bicyclic) bond motifs is 1. The Labute approximate surface area is 131 Å². The number of aromatic nitrogens is 1. The van der Waals surface area contributed by atoms with Crippen molar-refractivity contribution in [1.29, 1.82) is 5.26 Å². The molecule has 0 aliphatic heterocycles. The van der Waals surface area contributed by atoms with E-state index in [9.17, 15) is 5.26 Å². The molecule has 0 atom stereocenters. The smallest absolute Gasteiger partial charge is 0.146 e. The van der Waals surface area contributed by atoms with Crippen molar-refractivity contribution in [2.75, 3.05) is 11.9 Å². The Bertz CT molecular complexity index is 687. The number of rotatable bonds is 3. The molecule has 0 aromatic carbocycles. The van der Waals surface area contributed by atoms with Gasteiger partial charge in [0.15, 0.2) is 0 Å². The van der Waals surface area contributed by atoms with Gasteiger partial charge in [0.25, 0.3) is 0 Å². The molecule has 102 valence electrons. The standard InChI is InChI=1S/C15H14BrN3S/c1-19(8-10-5-14(16)20-9-10)15-12(7-17)6-11-3-2-4-13(11)18-15/h5-6,9H,2-4,8H2,1H3. The number of pyridine rings is 1. The van der Waals surface area contributed by atoms with E-state index in [1.807, 2.05) is 13.1 Å². The molecule has 2 aromatic rings. The summed E-state index contributed by atoms with van der Waals surface area (Å²) >= 11 is 5.16. The van der Waals surface area contributed by atoms with E-state index in [2.05, 4.69) is 38.3 Å². The summed E-state index contributed by atoms with van der Waals surface area (Å²) in [5, 5.41) is 11.5. The summed E-state index contributed by atoms with van der Waals surface area (Å²) in [4.78, 5) is 6.78. The van der Waals surface area contributed by atoms with Crippen LogP contribution >= 0.6 is 27.3 Å². The van der Waals surface area contributed by atoms with Gasteiger partial charge >= 0.3 is 0 Å². The van der Waals surface area contributed by atoms with Crippen molar-refractivity contribution in [3.63, 3.8) is 0 Å². The number of anilines is 1. The van der Waals surface area contributed by atoms with Gasteiger partial charge in [-0.25, -0.2) is 4.98 Å². The highest BCUT2D eigenvalue weighted by atomic mass is 79.9. The summed E-state index contributed by atoms with van der Waals surface area (Å²) in [6.07, 6.45) is 3.24. The Morgan fingerprint density at radius 3 is 3.00 bits per heavy atom. The zero-order chi connectivity index (χ0) is 14.1. The predicted octanol–water partition coefficient (Wildman–Crippen LogP) is 3.90. The van der Waals surface area contributed by atoms with Crippen molar-refractivity contribution in [2.24, 2.45) is 0 Å². The van der Waals surface area contributed by atoms with E-state index < -0.39 is 0 Å². The molecule has 0 N–H and O–H groups in total. The minimum atomic E-state index is 0.683. The van der Waals surface area contributed by atoms with Crippen molar-refractivity contribution in [1.82, 2.24) is 4.98 Å². The fourth-order valence-corrected chi connectivity index (χ4v) is 3.81. The van der Waals surface area contributed by atoms with Crippen LogP contribution in [0.4, 0.5) is 5.82 Å². The van der Waals surface area contributed by atoms with E-state index in [1.165, 1.54) is 11.1 Å². The van der Waals surface area contributed by atoms with Gasteiger partial charge in [-0.1, -0.05) is 0 Å². The summed E-state index contributed by atoms with van der Waals surface area (Å²) in [7, 11) is 2.00. The highest BCUT2D eigenvalue weighted by molar-refractivity contribution is 9.11. The number of nitriles is 1. The maximum absolute atomic E-state index is 9.35. The summed E-state index contributed by atoms with van der Waals surface area (Å²) in [5.74, 6) is 0.801. The van der Waals surface area contributed by atoms with Crippen molar-refractivity contribution < 1.29 is 0 Å². The average molecular weight is 348 g/mol. The normalized spacial score (nSPS) is 13.1. The summed E-state index contributed by atoms with van der Waals surface area (Å²) in [6.45, 7) is 0.766. The van der Waals surface area contributed by atoms with Gasteiger partial charge < -0.3 is 4.90 Å². The Hall–Kier alpha value is -1.38. The predicted molar refractivity (Wildman–Crippen MR) is 85.1 cm³/mol. The van der Waals surface area contributed by atoms with Crippen LogP contribution < -0.4 is 4.90 Å². The van der Waals surface area contributed by atoms with Crippen molar-refractivity contribution in [2.45, 2.75) is 25.8 Å². The van der Waals surface area contributed by atoms with Crippen LogP contribution in [-0.4, -0.2) is 12.0 Å². The SMILES string of the molecule is CN(Cc1csc(Br)c1)c1nc2c(cc1C#N)CCC2. The van der Waals surface area contributed by atoms with E-state index in [0.717, 1.165) is 41.1 Å². The maximum atomic E-state index is 9.35. The lowest BCUT2D eigenvalue weighted by Gasteiger charge is -2.19. The van der Waals surface area contributed by atoms with Crippen LogP contribution in [0.15, 0.2) is 21.3 Å². The third-order valence-electron chi connectivity index (χ3n) is 3.55. The van der Waals surface area contributed by atoms with E-state index in [0.29, 0.717) is 5.56 Å². The number of nitrogens with zero attached hydrogens (tertiary/aromatic N) is 3. The molecule has 5 heteroatoms. The van der Waals surface area contributed by atoms with Gasteiger partial charge in [-0.15, -0.1) is 11.3 Å². The first-order chi connectivity index (χ1) is 9.67. The van der Waals surface area contributed by atoms with Crippen LogP contribution in [-0.2, 0) is 19.4 Å². The molecular formula is C15H14BrN3S. The molecule has 3 rings (SSSR count). The van der Waals surface area contributed by atoms with Gasteiger partial charge in [0.1, 0.15) is 11.9 Å². The molecule has 0 spiro atoms. The van der Waals surface area contributed by atoms with Gasteiger partial charge in [-0.2, -0.15) is 5.26 Å². The van der Waals surface area contributed by atoms with Crippen molar-refractivity contribution >= 4 is 33.1 Å². The third-order valence-corrected chi connectivity index (χ3v) is 5.11. The molecule has 0 saturated heterocycles. The molecule has 2 aromatic heterocycles. The number of aryl methyl sites for hydroxylation is 2. The Morgan fingerprint density at radius 2 is 2.30 bits per heavy atom. The quantitative estimate of drug-likeness (QED) is 0.845. The minimum absolute atomic E-state index is 0.683. The maximum Gasteiger partial charge on any atom is 0.146 e. The second-order valence-corrected chi connectivity index (χ2v) is 7.34. The summed E-state index contributed by atoms with van der Waals surface area (Å²) in [6, 6.07) is 6.42. The second kappa shape index (κ2) is 5.55. The fourth-order valence-electron chi connectivity index (χ4n) is 2.61. The zero-order valence-corrected chi connectivity index (χ0v) is 13.6. The van der Waals surface area contributed by atoms with Crippen LogP contribution in [0.2, 0.25) is 0 Å². The van der Waals surface area contributed by atoms with E-state index in [1.54, 1.807) is 11.3 Å². The van der Waals surface area contributed by atoms with Gasteiger partial charge in [0, 0.05) is 19.3 Å². The Morgan fingerprint density at radius 1 is 1.45 bits per heavy atom. The molecular weight excluding hydrogens is 334 g/mol. The molecule has 2 heterocycles. The topological polar surface area (TPSA) is 39.9 Å². The van der Waals surface area contributed by atoms with E-state index in [4.69, 9.17) is 4.98 Å². The second-order valence-electron chi connectivity index (χ2n) is 5.05. The Kier molecular flexibility index (Phi) is 3.77. The van der Waals surface area contributed by atoms with Gasteiger partial charge in [-0.3, -0.25) is 0 Å². The first-order valence-electron chi connectivity index (χ1n) is 6.54. The van der Waals surface area contributed by atoms with Crippen LogP contribution in [0.5, 0.6) is 0 Å². The molecule has 1 aliphatic rings. The molecule has 0 bridgehead atoms. The van der Waals surface area contributed by atoms with E-state index >= 15 is 0 Å². The fraction of sp³-hybridized carbons (Fsp3) is 0.333. The molecule has 0 fully saturated rings. The van der Waals surface area contributed by atoms with Crippen molar-refractivity contribution in [3.8, 4) is 6.07 Å². The lowest BCUT2D eigenvalue weighted by Crippen LogP contribution is -2.19. The molecule has 20 heavy (non-hydrogen) atoms. The van der Waals surface area contributed by atoms with Crippen molar-refractivity contribution in [3.05, 3.63) is 43.7 Å². The lowest BCUT2D eigenvalue weighted by molar-refractivity contribution is 0.873. The molecule has 0 radical (unpaired) electrons. The molecule has 0 unspecified atom stereocenters. The zero-order valence-electron chi connectivity index (χ0n) is 11.2. The van der Waals surface area contributed by atoms with Crippen LogP contribution in [0.1, 0.15) is 28.8 Å². The number of hydrogen-bond donors (Lipinski definition) is 0. The lowest BCUT2D eigenvalue weighted by atomic mass is 10.1. The van der Waals surface area contributed by atoms with Gasteiger partial charge in [-0.05, 0) is 63.8 Å². The average Bonchev–Trinajstić information content (AvgIpc) is 3.05. The van der Waals surface area contributed by atoms with Crippen LogP contribution in [0.25, 0.3) is 0 Å². The monoisotopic (exact) mass is 347 g/mol. The van der Waals surface area contributed by atoms with Crippen LogP contribution in [0.3, 0.4) is 0 Å². The highest BCUT2D eigenvalue weighted by Crippen LogP contribution is 2.28. The number of hydrogen-bond acceptors (Lipinski definition) is 4. The van der Waals surface area contributed by atoms with Crippen LogP contribution in [0, 0.1) is 11.3 Å². The first-order valence-corrected chi connectivity index (χ1v) is 8.21. The number of halogens is 1. The minimum Gasteiger partial charge on any atom is -0.354 e. The molecule has 1 aliphatic carbocycles. The summed E-state index contributed by atoms with van der Waals surface area (Å²) in [5.41, 5.74) is 4.33. The molecule has 0 amide bonds. The molecule has 0 saturated carbocycles. The highest BCUT2D eigenvalue weighted by Gasteiger charge is 2.18.